The molecular formula is C29H32F3N3O2. The predicted molar refractivity (Wildman–Crippen MR) is 135 cm³/mol. The molecule has 8 heteroatoms. The number of aromatic amines is 1. The first kappa shape index (κ1) is 24.3. The number of hydrogen-bond donors (Lipinski definition) is 1. The molecule has 1 N–H and O–H groups in total. The standard InChI is InChI=1S/C29H32F3N3O2/c1-3-17-14-34(15-17)8-9-37-18-11-23(31)26(24(32)12-18)28-27-20(19-6-4-5-7-25(19)33-27)10-16(2)35(28)29(36)21-13-22(21)30/h4-7,11-12,16-17,21-22,28,33H,3,8-10,13-15H2,1-2H3/t16-,21?,22?,28-/m1/s1. The third-order valence-corrected chi connectivity index (χ3v) is 8.27. The van der Waals surface area contributed by atoms with Crippen LogP contribution in [0.3, 0.4) is 0 Å². The Morgan fingerprint density at radius 2 is 1.86 bits per heavy atom. The van der Waals surface area contributed by atoms with Crippen LogP contribution in [0.5, 0.6) is 5.75 Å². The molecule has 1 saturated heterocycles. The Labute approximate surface area is 214 Å². The Balaban J connectivity index is 1.33. The van der Waals surface area contributed by atoms with Crippen molar-refractivity contribution in [2.45, 2.75) is 51.4 Å². The number of ether oxygens (including phenoxy) is 1. The molecule has 0 radical (unpaired) electrons. The van der Waals surface area contributed by atoms with Crippen LogP contribution in [0.1, 0.15) is 49.6 Å². The number of amides is 1. The van der Waals surface area contributed by atoms with E-state index in [9.17, 15) is 9.18 Å². The second kappa shape index (κ2) is 9.39. The number of benzene rings is 2. The number of para-hydroxylation sites is 1. The number of carbonyl (C=O) groups is 1. The number of hydrogen-bond acceptors (Lipinski definition) is 3. The molecule has 4 atom stereocenters. The lowest BCUT2D eigenvalue weighted by atomic mass is 9.87. The molecule has 1 aliphatic carbocycles. The van der Waals surface area contributed by atoms with Gasteiger partial charge in [-0.15, -0.1) is 0 Å². The predicted octanol–water partition coefficient (Wildman–Crippen LogP) is 5.39. The van der Waals surface area contributed by atoms with Gasteiger partial charge in [-0.2, -0.15) is 0 Å². The fourth-order valence-corrected chi connectivity index (χ4v) is 6.02. The maximum atomic E-state index is 15.7. The molecule has 1 aromatic heterocycles. The van der Waals surface area contributed by atoms with Gasteiger partial charge in [0.25, 0.3) is 0 Å². The van der Waals surface area contributed by atoms with Crippen LogP contribution in [0.4, 0.5) is 13.2 Å². The minimum atomic E-state index is -1.20. The number of halogens is 3. The van der Waals surface area contributed by atoms with Crippen molar-refractivity contribution in [1.29, 1.82) is 0 Å². The molecule has 2 aromatic carbocycles. The first-order valence-electron chi connectivity index (χ1n) is 13.3. The second-order valence-corrected chi connectivity index (χ2v) is 10.8. The van der Waals surface area contributed by atoms with Gasteiger partial charge in [-0.1, -0.05) is 31.5 Å². The summed E-state index contributed by atoms with van der Waals surface area (Å²) in [6, 6.07) is 8.70. The van der Waals surface area contributed by atoms with Gasteiger partial charge < -0.3 is 14.6 Å². The average Bonchev–Trinajstić information content (AvgIpc) is 3.46. The molecule has 2 fully saturated rings. The van der Waals surface area contributed by atoms with Gasteiger partial charge >= 0.3 is 0 Å². The van der Waals surface area contributed by atoms with Crippen LogP contribution in [0.2, 0.25) is 0 Å². The lowest BCUT2D eigenvalue weighted by Gasteiger charge is -2.41. The Hall–Kier alpha value is -3.00. The maximum Gasteiger partial charge on any atom is 0.229 e. The number of H-pyrrole nitrogens is 1. The zero-order chi connectivity index (χ0) is 25.8. The van der Waals surface area contributed by atoms with E-state index in [4.69, 9.17) is 4.74 Å². The highest BCUT2D eigenvalue weighted by Gasteiger charge is 2.50. The van der Waals surface area contributed by atoms with Gasteiger partial charge in [0, 0.05) is 54.4 Å². The molecule has 196 valence electrons. The number of alkyl halides is 1. The average molecular weight is 512 g/mol. The van der Waals surface area contributed by atoms with E-state index in [-0.39, 0.29) is 23.8 Å². The van der Waals surface area contributed by atoms with E-state index in [2.05, 4.69) is 16.8 Å². The molecule has 1 saturated carbocycles. The largest absolute Gasteiger partial charge is 0.492 e. The van der Waals surface area contributed by atoms with Crippen LogP contribution >= 0.6 is 0 Å². The van der Waals surface area contributed by atoms with Gasteiger partial charge in [-0.25, -0.2) is 13.2 Å². The Bertz CT molecular complexity index is 1310. The lowest BCUT2D eigenvalue weighted by Crippen LogP contribution is -2.48. The number of nitrogens with one attached hydrogen (secondary N) is 1. The molecule has 2 aliphatic heterocycles. The zero-order valence-corrected chi connectivity index (χ0v) is 21.1. The molecule has 6 rings (SSSR count). The SMILES string of the molecule is CCC1CN(CCOc2cc(F)c([C@@H]3c4[nH]c5ccccc5c4C[C@@H](C)N3C(=O)C3CC3F)c(F)c2)C1. The van der Waals surface area contributed by atoms with E-state index in [1.165, 1.54) is 17.0 Å². The fourth-order valence-electron chi connectivity index (χ4n) is 6.02. The molecule has 1 amide bonds. The van der Waals surface area contributed by atoms with Crippen molar-refractivity contribution in [3.05, 3.63) is 64.9 Å². The normalized spacial score (nSPS) is 25.7. The van der Waals surface area contributed by atoms with Crippen LogP contribution in [-0.4, -0.2) is 59.1 Å². The highest BCUT2D eigenvalue weighted by atomic mass is 19.1. The monoisotopic (exact) mass is 511 g/mol. The third kappa shape index (κ3) is 4.29. The third-order valence-electron chi connectivity index (χ3n) is 8.27. The fraction of sp³-hybridized carbons (Fsp3) is 0.483. The first-order valence-corrected chi connectivity index (χ1v) is 13.3. The van der Waals surface area contributed by atoms with E-state index in [0.717, 1.165) is 41.9 Å². The Morgan fingerprint density at radius 3 is 2.54 bits per heavy atom. The van der Waals surface area contributed by atoms with Crippen molar-refractivity contribution in [1.82, 2.24) is 14.8 Å². The number of likely N-dealkylation sites (tertiary alicyclic amines) is 1. The topological polar surface area (TPSA) is 48.6 Å². The van der Waals surface area contributed by atoms with Crippen LogP contribution in [0.15, 0.2) is 36.4 Å². The summed E-state index contributed by atoms with van der Waals surface area (Å²) in [5, 5.41) is 0.966. The van der Waals surface area contributed by atoms with Gasteiger partial charge in [-0.05, 0) is 37.3 Å². The summed E-state index contributed by atoms with van der Waals surface area (Å²) in [7, 11) is 0. The molecule has 3 heterocycles. The summed E-state index contributed by atoms with van der Waals surface area (Å²) in [5.74, 6) is -1.86. The highest BCUT2D eigenvalue weighted by molar-refractivity contribution is 5.88. The number of carbonyl (C=O) groups excluding carboxylic acids is 1. The summed E-state index contributed by atoms with van der Waals surface area (Å²) in [5.41, 5.74) is 2.14. The van der Waals surface area contributed by atoms with Gasteiger partial charge in [-0.3, -0.25) is 9.69 Å². The first-order chi connectivity index (χ1) is 17.9. The quantitative estimate of drug-likeness (QED) is 0.463. The molecule has 37 heavy (non-hydrogen) atoms. The molecule has 2 unspecified atom stereocenters. The van der Waals surface area contributed by atoms with E-state index in [1.54, 1.807) is 0 Å². The number of rotatable bonds is 7. The van der Waals surface area contributed by atoms with Gasteiger partial charge in [0.1, 0.15) is 36.2 Å². The smallest absolute Gasteiger partial charge is 0.229 e. The molecule has 3 aliphatic rings. The van der Waals surface area contributed by atoms with Crippen molar-refractivity contribution in [3.8, 4) is 5.75 Å². The number of fused-ring (bicyclic) bond motifs is 3. The van der Waals surface area contributed by atoms with Crippen LogP contribution in [0.25, 0.3) is 10.9 Å². The maximum absolute atomic E-state index is 15.7. The summed E-state index contributed by atoms with van der Waals surface area (Å²) in [6.07, 6.45) is 0.626. The van der Waals surface area contributed by atoms with Crippen molar-refractivity contribution < 1.29 is 22.7 Å². The molecule has 3 aromatic rings. The molecular weight excluding hydrogens is 479 g/mol. The summed E-state index contributed by atoms with van der Waals surface area (Å²) >= 11 is 0. The van der Waals surface area contributed by atoms with Crippen molar-refractivity contribution in [3.63, 3.8) is 0 Å². The Kier molecular flexibility index (Phi) is 6.18. The van der Waals surface area contributed by atoms with Crippen LogP contribution in [-0.2, 0) is 11.2 Å². The van der Waals surface area contributed by atoms with Crippen LogP contribution in [0, 0.1) is 23.5 Å². The van der Waals surface area contributed by atoms with Crippen molar-refractivity contribution >= 4 is 16.8 Å². The zero-order valence-electron chi connectivity index (χ0n) is 21.1. The number of aromatic nitrogens is 1. The van der Waals surface area contributed by atoms with Gasteiger partial charge in [0.15, 0.2) is 0 Å². The van der Waals surface area contributed by atoms with Crippen LogP contribution < -0.4 is 4.74 Å². The summed E-state index contributed by atoms with van der Waals surface area (Å²) in [4.78, 5) is 20.4. The van der Waals surface area contributed by atoms with E-state index in [0.29, 0.717) is 25.3 Å². The Morgan fingerprint density at radius 1 is 1.16 bits per heavy atom. The summed E-state index contributed by atoms with van der Waals surface area (Å²) in [6.45, 7) is 7.13. The minimum Gasteiger partial charge on any atom is -0.492 e. The molecule has 5 nitrogen and oxygen atoms in total. The lowest BCUT2D eigenvalue weighted by molar-refractivity contribution is -0.137. The van der Waals surface area contributed by atoms with E-state index in [1.807, 2.05) is 31.2 Å². The van der Waals surface area contributed by atoms with Gasteiger partial charge in [0.2, 0.25) is 5.91 Å². The van der Waals surface area contributed by atoms with Crippen molar-refractivity contribution in [2.75, 3.05) is 26.2 Å². The minimum absolute atomic E-state index is 0.121. The molecule has 0 spiro atoms. The second-order valence-electron chi connectivity index (χ2n) is 10.8. The molecule has 0 bridgehead atoms. The van der Waals surface area contributed by atoms with E-state index >= 15 is 8.78 Å². The summed E-state index contributed by atoms with van der Waals surface area (Å²) < 4.78 is 51.0. The van der Waals surface area contributed by atoms with E-state index < -0.39 is 35.7 Å². The highest BCUT2D eigenvalue weighted by Crippen LogP contribution is 2.46. The van der Waals surface area contributed by atoms with Crippen molar-refractivity contribution in [2.24, 2.45) is 11.8 Å². The number of nitrogens with zero attached hydrogens (tertiary/aromatic N) is 2. The van der Waals surface area contributed by atoms with Gasteiger partial charge in [0.05, 0.1) is 11.5 Å².